The molecule has 1 nitrogen and oxygen atoms in total. The van der Waals surface area contributed by atoms with Crippen LogP contribution in [0.4, 0.5) is 0 Å². The predicted octanol–water partition coefficient (Wildman–Crippen LogP) is 3.76. The lowest BCUT2D eigenvalue weighted by Crippen LogP contribution is -1.73. The van der Waals surface area contributed by atoms with Gasteiger partial charge in [-0.1, -0.05) is 30.3 Å². The number of hydrogen-bond donors (Lipinski definition) is 0. The molecule has 0 unspecified atom stereocenters. The maximum Gasteiger partial charge on any atom is 0.124 e. The van der Waals surface area contributed by atoms with Gasteiger partial charge in [-0.05, 0) is 24.3 Å². The lowest BCUT2D eigenvalue weighted by atomic mass is 10.2. The van der Waals surface area contributed by atoms with Crippen LogP contribution in [0.3, 0.4) is 0 Å². The number of fused-ring (bicyclic) bond motifs is 1. The van der Waals surface area contributed by atoms with E-state index in [9.17, 15) is 0 Å². The van der Waals surface area contributed by atoms with Crippen LogP contribution in [0, 0.1) is 6.07 Å². The number of thiazole rings is 1. The van der Waals surface area contributed by atoms with Gasteiger partial charge in [-0.25, -0.2) is 4.98 Å². The molecule has 0 spiro atoms. The standard InChI is InChI=1S/C13H8NS/c1-2-6-10(7-3-1)13-14-11-8-4-5-9-12(11)15-13/h1-2,4-9H. The van der Waals surface area contributed by atoms with E-state index in [2.05, 4.69) is 23.2 Å². The SMILES string of the molecule is [c]1cccc(-c2nc3ccccc3s2)c1. The number of nitrogens with zero attached hydrogens (tertiary/aromatic N) is 1. The Hall–Kier alpha value is -1.67. The predicted molar refractivity (Wildman–Crippen MR) is 63.9 cm³/mol. The van der Waals surface area contributed by atoms with Crippen molar-refractivity contribution in [1.82, 2.24) is 4.98 Å². The van der Waals surface area contributed by atoms with Crippen molar-refractivity contribution in [2.24, 2.45) is 0 Å². The minimum Gasteiger partial charge on any atom is -0.236 e. The molecule has 3 rings (SSSR count). The Kier molecular flexibility index (Phi) is 2.00. The van der Waals surface area contributed by atoms with E-state index in [-0.39, 0.29) is 0 Å². The van der Waals surface area contributed by atoms with Gasteiger partial charge >= 0.3 is 0 Å². The quantitative estimate of drug-likeness (QED) is 0.596. The smallest absolute Gasteiger partial charge is 0.124 e. The number of para-hydroxylation sites is 1. The van der Waals surface area contributed by atoms with E-state index in [1.165, 1.54) is 4.70 Å². The van der Waals surface area contributed by atoms with Crippen LogP contribution in [0.1, 0.15) is 0 Å². The van der Waals surface area contributed by atoms with E-state index < -0.39 is 0 Å². The molecule has 0 saturated heterocycles. The van der Waals surface area contributed by atoms with Gasteiger partial charge in [0.1, 0.15) is 5.01 Å². The van der Waals surface area contributed by atoms with Crippen LogP contribution in [0.2, 0.25) is 0 Å². The largest absolute Gasteiger partial charge is 0.236 e. The summed E-state index contributed by atoms with van der Waals surface area (Å²) in [5.41, 5.74) is 2.21. The second-order valence-electron chi connectivity index (χ2n) is 3.28. The first-order valence-electron chi connectivity index (χ1n) is 4.75. The Bertz CT molecular complexity index is 551. The maximum atomic E-state index is 4.58. The van der Waals surface area contributed by atoms with Crippen molar-refractivity contribution < 1.29 is 0 Å². The zero-order valence-electron chi connectivity index (χ0n) is 7.97. The van der Waals surface area contributed by atoms with E-state index in [0.29, 0.717) is 0 Å². The van der Waals surface area contributed by atoms with E-state index in [0.717, 1.165) is 16.1 Å². The molecule has 0 fully saturated rings. The Morgan fingerprint density at radius 1 is 1.07 bits per heavy atom. The average Bonchev–Trinajstić information content (AvgIpc) is 2.74. The van der Waals surface area contributed by atoms with Crippen molar-refractivity contribution in [1.29, 1.82) is 0 Å². The fourth-order valence-electron chi connectivity index (χ4n) is 1.52. The third-order valence-corrected chi connectivity index (χ3v) is 3.33. The van der Waals surface area contributed by atoms with E-state index >= 15 is 0 Å². The van der Waals surface area contributed by atoms with Crippen LogP contribution in [0.5, 0.6) is 0 Å². The topological polar surface area (TPSA) is 12.9 Å². The molecule has 0 aliphatic carbocycles. The zero-order chi connectivity index (χ0) is 10.1. The van der Waals surface area contributed by atoms with Crippen LogP contribution in [0.15, 0.2) is 48.5 Å². The maximum absolute atomic E-state index is 4.58. The highest BCUT2D eigenvalue weighted by atomic mass is 32.1. The molecule has 0 aliphatic rings. The molecule has 0 saturated carbocycles. The van der Waals surface area contributed by atoms with Crippen LogP contribution >= 0.6 is 11.3 Å². The summed E-state index contributed by atoms with van der Waals surface area (Å²) in [7, 11) is 0. The molecule has 2 aromatic carbocycles. The third kappa shape index (κ3) is 1.53. The Morgan fingerprint density at radius 3 is 2.80 bits per heavy atom. The van der Waals surface area contributed by atoms with Gasteiger partial charge in [0.2, 0.25) is 0 Å². The van der Waals surface area contributed by atoms with E-state index in [1.807, 2.05) is 36.4 Å². The third-order valence-electron chi connectivity index (χ3n) is 2.25. The molecule has 1 aromatic heterocycles. The Balaban J connectivity index is 2.21. The second-order valence-corrected chi connectivity index (χ2v) is 4.31. The van der Waals surface area contributed by atoms with Crippen molar-refractivity contribution in [2.45, 2.75) is 0 Å². The minimum atomic E-state index is 1.06. The fourth-order valence-corrected chi connectivity index (χ4v) is 2.48. The molecule has 0 N–H and O–H groups in total. The molecule has 2 heteroatoms. The fraction of sp³-hybridized carbons (Fsp3) is 0. The molecule has 1 radical (unpaired) electrons. The molecule has 0 aliphatic heterocycles. The second kappa shape index (κ2) is 3.48. The molecule has 0 atom stereocenters. The first-order chi connectivity index (χ1) is 7.43. The van der Waals surface area contributed by atoms with Gasteiger partial charge in [0.05, 0.1) is 10.2 Å². The summed E-state index contributed by atoms with van der Waals surface area (Å²) in [6, 6.07) is 19.2. The normalized spacial score (nSPS) is 10.7. The zero-order valence-corrected chi connectivity index (χ0v) is 8.79. The van der Waals surface area contributed by atoms with Gasteiger partial charge in [0.15, 0.2) is 0 Å². The van der Waals surface area contributed by atoms with Crippen molar-refractivity contribution >= 4 is 21.6 Å². The molecule has 0 bridgehead atoms. The molecule has 15 heavy (non-hydrogen) atoms. The number of aromatic nitrogens is 1. The first kappa shape index (κ1) is 8.62. The van der Waals surface area contributed by atoms with Gasteiger partial charge in [-0.3, -0.25) is 0 Å². The van der Waals surface area contributed by atoms with E-state index in [4.69, 9.17) is 0 Å². The van der Waals surface area contributed by atoms with Crippen LogP contribution in [-0.4, -0.2) is 4.98 Å². The van der Waals surface area contributed by atoms with Crippen molar-refractivity contribution in [2.75, 3.05) is 0 Å². The van der Waals surface area contributed by atoms with Crippen molar-refractivity contribution in [3.05, 3.63) is 54.6 Å². The summed E-state index contributed by atoms with van der Waals surface area (Å²) in [5, 5.41) is 1.06. The average molecular weight is 210 g/mol. The Morgan fingerprint density at radius 2 is 2.00 bits per heavy atom. The molecule has 0 amide bonds. The summed E-state index contributed by atoms with van der Waals surface area (Å²) in [6.07, 6.45) is 0. The minimum absolute atomic E-state index is 1.06. The summed E-state index contributed by atoms with van der Waals surface area (Å²) in [6.45, 7) is 0. The number of benzene rings is 2. The van der Waals surface area contributed by atoms with Gasteiger partial charge in [-0.2, -0.15) is 0 Å². The molecule has 71 valence electrons. The van der Waals surface area contributed by atoms with Gasteiger partial charge in [0.25, 0.3) is 0 Å². The summed E-state index contributed by atoms with van der Waals surface area (Å²) < 4.78 is 1.23. The summed E-state index contributed by atoms with van der Waals surface area (Å²) >= 11 is 1.72. The number of rotatable bonds is 1. The monoisotopic (exact) mass is 210 g/mol. The van der Waals surface area contributed by atoms with Gasteiger partial charge in [-0.15, -0.1) is 11.3 Å². The van der Waals surface area contributed by atoms with Gasteiger partial charge in [0, 0.05) is 5.56 Å². The van der Waals surface area contributed by atoms with Crippen LogP contribution in [0.25, 0.3) is 20.8 Å². The molecular weight excluding hydrogens is 202 g/mol. The highest BCUT2D eigenvalue weighted by Gasteiger charge is 2.04. The highest BCUT2D eigenvalue weighted by Crippen LogP contribution is 2.29. The lowest BCUT2D eigenvalue weighted by Gasteiger charge is -1.91. The molecule has 3 aromatic rings. The van der Waals surface area contributed by atoms with Crippen molar-refractivity contribution in [3.63, 3.8) is 0 Å². The molecular formula is C13H8NS. The van der Waals surface area contributed by atoms with Crippen LogP contribution in [-0.2, 0) is 0 Å². The highest BCUT2D eigenvalue weighted by molar-refractivity contribution is 7.21. The lowest BCUT2D eigenvalue weighted by molar-refractivity contribution is 1.48. The van der Waals surface area contributed by atoms with E-state index in [1.54, 1.807) is 11.3 Å². The summed E-state index contributed by atoms with van der Waals surface area (Å²) in [5.74, 6) is 0. The molecule has 1 heterocycles. The first-order valence-corrected chi connectivity index (χ1v) is 5.57. The Labute approximate surface area is 92.0 Å². The summed E-state index contributed by atoms with van der Waals surface area (Å²) in [4.78, 5) is 4.58. The number of hydrogen-bond acceptors (Lipinski definition) is 2. The van der Waals surface area contributed by atoms with Gasteiger partial charge < -0.3 is 0 Å². The van der Waals surface area contributed by atoms with Crippen LogP contribution < -0.4 is 0 Å². The van der Waals surface area contributed by atoms with Crippen molar-refractivity contribution in [3.8, 4) is 10.6 Å².